The summed E-state index contributed by atoms with van der Waals surface area (Å²) in [4.78, 5) is 15.1. The number of aromatic amines is 1. The molecular formula is C15H13BrN2O. The molecule has 2 aromatic carbocycles. The number of fused-ring (bicyclic) bond motifs is 1. The quantitative estimate of drug-likeness (QED) is 0.730. The summed E-state index contributed by atoms with van der Waals surface area (Å²) < 4.78 is 2.77. The van der Waals surface area contributed by atoms with Gasteiger partial charge >= 0.3 is 5.69 Å². The van der Waals surface area contributed by atoms with Gasteiger partial charge in [-0.05, 0) is 49.2 Å². The summed E-state index contributed by atoms with van der Waals surface area (Å²) in [6.45, 7) is 4.03. The highest BCUT2D eigenvalue weighted by Gasteiger charge is 2.13. The molecule has 0 bridgehead atoms. The lowest BCUT2D eigenvalue weighted by Gasteiger charge is -2.11. The molecule has 0 spiro atoms. The minimum Gasteiger partial charge on any atom is -0.305 e. The second-order valence-electron chi connectivity index (χ2n) is 4.67. The molecule has 19 heavy (non-hydrogen) atoms. The maximum atomic E-state index is 12.2. The topological polar surface area (TPSA) is 37.8 Å². The highest BCUT2D eigenvalue weighted by molar-refractivity contribution is 9.10. The Hall–Kier alpha value is -1.81. The maximum Gasteiger partial charge on any atom is 0.331 e. The number of aryl methyl sites for hydroxylation is 2. The largest absolute Gasteiger partial charge is 0.331 e. The number of halogens is 1. The summed E-state index contributed by atoms with van der Waals surface area (Å²) in [6, 6.07) is 11.8. The first-order valence-corrected chi connectivity index (χ1v) is 6.84. The van der Waals surface area contributed by atoms with Crippen LogP contribution < -0.4 is 5.69 Å². The molecule has 0 amide bonds. The number of para-hydroxylation sites is 2. The summed E-state index contributed by atoms with van der Waals surface area (Å²) in [5, 5.41) is 0. The molecule has 0 aliphatic heterocycles. The minimum atomic E-state index is -0.102. The molecule has 1 heterocycles. The van der Waals surface area contributed by atoms with Gasteiger partial charge in [0.05, 0.1) is 16.7 Å². The third-order valence-corrected chi connectivity index (χ3v) is 3.73. The summed E-state index contributed by atoms with van der Waals surface area (Å²) in [5.74, 6) is 0. The van der Waals surface area contributed by atoms with E-state index in [1.54, 1.807) is 4.57 Å². The van der Waals surface area contributed by atoms with Gasteiger partial charge in [0.1, 0.15) is 0 Å². The van der Waals surface area contributed by atoms with Crippen molar-refractivity contribution in [2.45, 2.75) is 13.8 Å². The third kappa shape index (κ3) is 1.92. The average molecular weight is 317 g/mol. The Morgan fingerprint density at radius 1 is 1.11 bits per heavy atom. The smallest absolute Gasteiger partial charge is 0.305 e. The molecule has 0 aliphatic carbocycles. The van der Waals surface area contributed by atoms with Crippen LogP contribution in [0.1, 0.15) is 11.1 Å². The first kappa shape index (κ1) is 12.2. The number of aromatic nitrogens is 2. The van der Waals surface area contributed by atoms with Crippen molar-refractivity contribution in [1.82, 2.24) is 9.55 Å². The van der Waals surface area contributed by atoms with Crippen molar-refractivity contribution >= 4 is 27.0 Å². The van der Waals surface area contributed by atoms with Crippen molar-refractivity contribution in [3.63, 3.8) is 0 Å². The molecule has 0 radical (unpaired) electrons. The maximum absolute atomic E-state index is 12.2. The van der Waals surface area contributed by atoms with Crippen LogP contribution in [0, 0.1) is 13.8 Å². The highest BCUT2D eigenvalue weighted by atomic mass is 79.9. The number of benzene rings is 2. The van der Waals surface area contributed by atoms with Crippen molar-refractivity contribution in [1.29, 1.82) is 0 Å². The normalized spacial score (nSPS) is 11.1. The zero-order valence-electron chi connectivity index (χ0n) is 10.7. The second kappa shape index (κ2) is 4.38. The fraction of sp³-hybridized carbons (Fsp3) is 0.133. The Morgan fingerprint density at radius 2 is 1.74 bits per heavy atom. The zero-order valence-corrected chi connectivity index (χ0v) is 12.3. The van der Waals surface area contributed by atoms with Crippen molar-refractivity contribution in [3.8, 4) is 5.69 Å². The number of hydrogen-bond donors (Lipinski definition) is 1. The molecule has 3 aromatic rings. The lowest BCUT2D eigenvalue weighted by atomic mass is 10.1. The predicted octanol–water partition coefficient (Wildman–Crippen LogP) is 3.70. The number of imidazole rings is 1. The Kier molecular flexibility index (Phi) is 2.82. The zero-order chi connectivity index (χ0) is 13.6. The predicted molar refractivity (Wildman–Crippen MR) is 81.1 cm³/mol. The van der Waals surface area contributed by atoms with Gasteiger partial charge in [-0.3, -0.25) is 4.57 Å². The molecule has 4 heteroatoms. The van der Waals surface area contributed by atoms with Crippen LogP contribution in [0.25, 0.3) is 16.7 Å². The van der Waals surface area contributed by atoms with E-state index in [1.165, 1.54) is 0 Å². The Morgan fingerprint density at radius 3 is 2.42 bits per heavy atom. The summed E-state index contributed by atoms with van der Waals surface area (Å²) >= 11 is 3.48. The lowest BCUT2D eigenvalue weighted by Crippen LogP contribution is -2.16. The molecule has 0 saturated heterocycles. The summed E-state index contributed by atoms with van der Waals surface area (Å²) in [6.07, 6.45) is 0. The molecule has 96 valence electrons. The Labute approximate surface area is 119 Å². The Bertz CT molecular complexity index is 807. The molecule has 0 saturated carbocycles. The molecular weight excluding hydrogens is 304 g/mol. The second-order valence-corrected chi connectivity index (χ2v) is 5.59. The van der Waals surface area contributed by atoms with Crippen LogP contribution in [-0.2, 0) is 0 Å². The van der Waals surface area contributed by atoms with E-state index in [1.807, 2.05) is 50.2 Å². The fourth-order valence-electron chi connectivity index (χ4n) is 2.53. The van der Waals surface area contributed by atoms with E-state index in [0.29, 0.717) is 0 Å². The minimum absolute atomic E-state index is 0.102. The molecule has 0 atom stereocenters. The summed E-state index contributed by atoms with van der Waals surface area (Å²) in [7, 11) is 0. The van der Waals surface area contributed by atoms with Gasteiger partial charge in [0.2, 0.25) is 0 Å². The standard InChI is InChI=1S/C15H13BrN2O/c1-9-7-11(16)8-10(2)14(9)18-13-6-4-3-5-12(13)17-15(18)19/h3-8H,1-2H3,(H,17,19). The highest BCUT2D eigenvalue weighted by Crippen LogP contribution is 2.25. The van der Waals surface area contributed by atoms with Crippen LogP contribution in [0.5, 0.6) is 0 Å². The summed E-state index contributed by atoms with van der Waals surface area (Å²) in [5.41, 5.74) is 4.74. The van der Waals surface area contributed by atoms with Crippen LogP contribution >= 0.6 is 15.9 Å². The van der Waals surface area contributed by atoms with Gasteiger partial charge in [0.25, 0.3) is 0 Å². The molecule has 1 aromatic heterocycles. The SMILES string of the molecule is Cc1cc(Br)cc(C)c1-n1c(=O)[nH]c2ccccc21. The van der Waals surface area contributed by atoms with Crippen molar-refractivity contribution in [2.24, 2.45) is 0 Å². The number of nitrogens with zero attached hydrogens (tertiary/aromatic N) is 1. The fourth-order valence-corrected chi connectivity index (χ4v) is 3.22. The van der Waals surface area contributed by atoms with Gasteiger partial charge in [0, 0.05) is 4.47 Å². The van der Waals surface area contributed by atoms with Gasteiger partial charge in [-0.15, -0.1) is 0 Å². The first-order valence-electron chi connectivity index (χ1n) is 6.05. The van der Waals surface area contributed by atoms with E-state index in [0.717, 1.165) is 32.3 Å². The number of H-pyrrole nitrogens is 1. The number of hydrogen-bond acceptors (Lipinski definition) is 1. The Balaban J connectivity index is 2.43. The molecule has 0 aliphatic rings. The van der Waals surface area contributed by atoms with Crippen LogP contribution in [0.4, 0.5) is 0 Å². The van der Waals surface area contributed by atoms with Crippen LogP contribution in [0.2, 0.25) is 0 Å². The van der Waals surface area contributed by atoms with Gasteiger partial charge in [0.15, 0.2) is 0 Å². The lowest BCUT2D eigenvalue weighted by molar-refractivity contribution is 0.989. The van der Waals surface area contributed by atoms with E-state index in [2.05, 4.69) is 20.9 Å². The van der Waals surface area contributed by atoms with Gasteiger partial charge in [-0.25, -0.2) is 4.79 Å². The number of rotatable bonds is 1. The van der Waals surface area contributed by atoms with Gasteiger partial charge in [-0.1, -0.05) is 28.1 Å². The number of nitrogens with one attached hydrogen (secondary N) is 1. The third-order valence-electron chi connectivity index (χ3n) is 3.27. The molecule has 0 unspecified atom stereocenters. The van der Waals surface area contributed by atoms with E-state index >= 15 is 0 Å². The van der Waals surface area contributed by atoms with Crippen LogP contribution in [0.3, 0.4) is 0 Å². The van der Waals surface area contributed by atoms with E-state index in [9.17, 15) is 4.79 Å². The monoisotopic (exact) mass is 316 g/mol. The molecule has 1 N–H and O–H groups in total. The first-order chi connectivity index (χ1) is 9.08. The van der Waals surface area contributed by atoms with Gasteiger partial charge < -0.3 is 4.98 Å². The van der Waals surface area contributed by atoms with Crippen molar-refractivity contribution in [2.75, 3.05) is 0 Å². The van der Waals surface area contributed by atoms with E-state index in [-0.39, 0.29) is 5.69 Å². The molecule has 3 nitrogen and oxygen atoms in total. The van der Waals surface area contributed by atoms with E-state index < -0.39 is 0 Å². The van der Waals surface area contributed by atoms with E-state index in [4.69, 9.17) is 0 Å². The van der Waals surface area contributed by atoms with Gasteiger partial charge in [-0.2, -0.15) is 0 Å². The molecule has 3 rings (SSSR count). The average Bonchev–Trinajstić information content (AvgIpc) is 2.65. The van der Waals surface area contributed by atoms with Crippen LogP contribution in [-0.4, -0.2) is 9.55 Å². The molecule has 0 fully saturated rings. The van der Waals surface area contributed by atoms with Crippen molar-refractivity contribution in [3.05, 3.63) is 62.5 Å². The van der Waals surface area contributed by atoms with Crippen LogP contribution in [0.15, 0.2) is 45.7 Å². The van der Waals surface area contributed by atoms with Crippen molar-refractivity contribution < 1.29 is 0 Å².